The zero-order valence-corrected chi connectivity index (χ0v) is 14.1. The van der Waals surface area contributed by atoms with Crippen molar-refractivity contribution < 1.29 is 4.74 Å². The molecule has 0 fully saturated rings. The Hall–Kier alpha value is -0.580. The quantitative estimate of drug-likeness (QED) is 0.830. The molecule has 1 rings (SSSR count). The van der Waals surface area contributed by atoms with Gasteiger partial charge in [-0.05, 0) is 24.6 Å². The minimum atomic E-state index is 0.345. The van der Waals surface area contributed by atoms with E-state index in [9.17, 15) is 0 Å². The molecule has 0 saturated heterocycles. The van der Waals surface area contributed by atoms with Crippen LogP contribution in [0.15, 0.2) is 22.7 Å². The molecule has 19 heavy (non-hydrogen) atoms. The summed E-state index contributed by atoms with van der Waals surface area (Å²) in [5.41, 5.74) is 2.55. The van der Waals surface area contributed by atoms with Crippen molar-refractivity contribution in [2.24, 2.45) is 0 Å². The highest BCUT2D eigenvalue weighted by molar-refractivity contribution is 9.10. The highest BCUT2D eigenvalue weighted by Crippen LogP contribution is 2.26. The Bertz CT molecular complexity index is 396. The Kier molecular flexibility index (Phi) is 6.83. The van der Waals surface area contributed by atoms with E-state index in [4.69, 9.17) is 4.74 Å². The molecule has 0 bridgehead atoms. The summed E-state index contributed by atoms with van der Waals surface area (Å²) in [5.74, 6) is 0. The number of nitrogens with one attached hydrogen (secondary N) is 1. The Morgan fingerprint density at radius 1 is 1.32 bits per heavy atom. The molecule has 108 valence electrons. The van der Waals surface area contributed by atoms with Crippen LogP contribution in [0, 0.1) is 0 Å². The Morgan fingerprint density at radius 3 is 2.58 bits per heavy atom. The second-order valence-electron chi connectivity index (χ2n) is 5.22. The monoisotopic (exact) mass is 328 g/mol. The summed E-state index contributed by atoms with van der Waals surface area (Å²) in [4.78, 5) is 2.27. The van der Waals surface area contributed by atoms with Gasteiger partial charge in [0.15, 0.2) is 0 Å². The normalized spacial score (nSPS) is 12.8. The number of methoxy groups -OCH3 is 1. The maximum Gasteiger partial charge on any atom is 0.0663 e. The van der Waals surface area contributed by atoms with Crippen LogP contribution in [0.4, 0.5) is 5.69 Å². The number of benzene rings is 1. The van der Waals surface area contributed by atoms with E-state index in [1.54, 1.807) is 7.11 Å². The summed E-state index contributed by atoms with van der Waals surface area (Å²) < 4.78 is 6.35. The highest BCUT2D eigenvalue weighted by atomic mass is 79.9. The first-order valence-corrected chi connectivity index (χ1v) is 7.48. The van der Waals surface area contributed by atoms with Gasteiger partial charge in [0, 0.05) is 42.9 Å². The van der Waals surface area contributed by atoms with Crippen LogP contribution in [0.3, 0.4) is 0 Å². The zero-order chi connectivity index (χ0) is 14.4. The number of ether oxygens (including phenoxy) is 1. The highest BCUT2D eigenvalue weighted by Gasteiger charge is 2.14. The molecule has 0 heterocycles. The van der Waals surface area contributed by atoms with Crippen molar-refractivity contribution in [3.63, 3.8) is 0 Å². The molecule has 0 spiro atoms. The van der Waals surface area contributed by atoms with Crippen molar-refractivity contribution in [3.05, 3.63) is 28.2 Å². The summed E-state index contributed by atoms with van der Waals surface area (Å²) in [7, 11) is 3.86. The Labute approximate surface area is 125 Å². The molecule has 0 aliphatic rings. The molecule has 0 aliphatic carbocycles. The Morgan fingerprint density at radius 2 is 2.00 bits per heavy atom. The SMILES string of the molecule is COCC(C)N(C)c1cc(Br)ccc1CNC(C)C. The molecule has 1 atom stereocenters. The molecule has 0 saturated carbocycles. The van der Waals surface area contributed by atoms with Crippen LogP contribution in [0.1, 0.15) is 26.3 Å². The van der Waals surface area contributed by atoms with E-state index < -0.39 is 0 Å². The van der Waals surface area contributed by atoms with Crippen molar-refractivity contribution >= 4 is 21.6 Å². The van der Waals surface area contributed by atoms with E-state index in [0.717, 1.165) is 17.6 Å². The van der Waals surface area contributed by atoms with Crippen LogP contribution in [-0.4, -0.2) is 32.8 Å². The molecule has 0 amide bonds. The van der Waals surface area contributed by atoms with Gasteiger partial charge in [0.25, 0.3) is 0 Å². The van der Waals surface area contributed by atoms with Crippen molar-refractivity contribution in [3.8, 4) is 0 Å². The van der Waals surface area contributed by atoms with E-state index in [1.807, 2.05) is 0 Å². The fourth-order valence-electron chi connectivity index (χ4n) is 1.92. The fraction of sp³-hybridized carbons (Fsp3) is 0.600. The lowest BCUT2D eigenvalue weighted by Crippen LogP contribution is -2.34. The number of hydrogen-bond acceptors (Lipinski definition) is 3. The summed E-state index contributed by atoms with van der Waals surface area (Å²) in [6.45, 7) is 8.10. The number of nitrogens with zero attached hydrogens (tertiary/aromatic N) is 1. The van der Waals surface area contributed by atoms with Gasteiger partial charge in [-0.2, -0.15) is 0 Å². The standard InChI is InChI=1S/C15H25BrN2O/c1-11(2)17-9-13-6-7-14(16)8-15(13)18(4)12(3)10-19-5/h6-8,11-12,17H,9-10H2,1-5H3. The first-order valence-electron chi connectivity index (χ1n) is 6.69. The minimum absolute atomic E-state index is 0.345. The summed E-state index contributed by atoms with van der Waals surface area (Å²) in [5, 5.41) is 3.47. The topological polar surface area (TPSA) is 24.5 Å². The minimum Gasteiger partial charge on any atom is -0.383 e. The molecule has 1 aromatic carbocycles. The van der Waals surface area contributed by atoms with Gasteiger partial charge >= 0.3 is 0 Å². The molecular formula is C15H25BrN2O. The van der Waals surface area contributed by atoms with Crippen LogP contribution < -0.4 is 10.2 Å². The molecule has 0 radical (unpaired) electrons. The maximum atomic E-state index is 5.25. The predicted octanol–water partition coefficient (Wildman–Crippen LogP) is 3.42. The van der Waals surface area contributed by atoms with Crippen molar-refractivity contribution in [1.82, 2.24) is 5.32 Å². The van der Waals surface area contributed by atoms with Crippen molar-refractivity contribution in [1.29, 1.82) is 0 Å². The second-order valence-corrected chi connectivity index (χ2v) is 6.14. The van der Waals surface area contributed by atoms with E-state index in [-0.39, 0.29) is 0 Å². The van der Waals surface area contributed by atoms with Crippen LogP contribution >= 0.6 is 15.9 Å². The van der Waals surface area contributed by atoms with Gasteiger partial charge in [0.05, 0.1) is 6.61 Å². The molecule has 1 N–H and O–H groups in total. The first-order chi connectivity index (χ1) is 8.95. The number of hydrogen-bond donors (Lipinski definition) is 1. The number of rotatable bonds is 7. The molecule has 3 nitrogen and oxygen atoms in total. The average Bonchev–Trinajstić information content (AvgIpc) is 2.36. The molecule has 1 aromatic rings. The number of halogens is 1. The molecular weight excluding hydrogens is 304 g/mol. The van der Waals surface area contributed by atoms with Crippen LogP contribution in [0.25, 0.3) is 0 Å². The van der Waals surface area contributed by atoms with E-state index in [2.05, 4.69) is 72.2 Å². The van der Waals surface area contributed by atoms with Crippen LogP contribution in [0.2, 0.25) is 0 Å². The van der Waals surface area contributed by atoms with Crippen LogP contribution in [0.5, 0.6) is 0 Å². The molecule has 0 aliphatic heterocycles. The van der Waals surface area contributed by atoms with Crippen LogP contribution in [-0.2, 0) is 11.3 Å². The van der Waals surface area contributed by atoms with E-state index >= 15 is 0 Å². The lowest BCUT2D eigenvalue weighted by Gasteiger charge is -2.29. The zero-order valence-electron chi connectivity index (χ0n) is 12.5. The van der Waals surface area contributed by atoms with Gasteiger partial charge in [-0.1, -0.05) is 35.8 Å². The lowest BCUT2D eigenvalue weighted by molar-refractivity contribution is 0.183. The maximum absolute atomic E-state index is 5.25. The summed E-state index contributed by atoms with van der Waals surface area (Å²) in [6, 6.07) is 7.26. The average molecular weight is 329 g/mol. The largest absolute Gasteiger partial charge is 0.383 e. The van der Waals surface area contributed by atoms with Gasteiger partial charge in [-0.15, -0.1) is 0 Å². The van der Waals surface area contributed by atoms with Crippen molar-refractivity contribution in [2.75, 3.05) is 25.7 Å². The Balaban J connectivity index is 2.92. The second kappa shape index (κ2) is 7.88. The van der Waals surface area contributed by atoms with Crippen molar-refractivity contribution in [2.45, 2.75) is 39.4 Å². The third-order valence-electron chi connectivity index (χ3n) is 3.20. The van der Waals surface area contributed by atoms with Gasteiger partial charge in [0.2, 0.25) is 0 Å². The van der Waals surface area contributed by atoms with Gasteiger partial charge < -0.3 is 15.0 Å². The molecule has 1 unspecified atom stereocenters. The predicted molar refractivity (Wildman–Crippen MR) is 85.9 cm³/mol. The van der Waals surface area contributed by atoms with Gasteiger partial charge in [-0.25, -0.2) is 0 Å². The first kappa shape index (κ1) is 16.5. The fourth-order valence-corrected chi connectivity index (χ4v) is 2.27. The third-order valence-corrected chi connectivity index (χ3v) is 3.69. The molecule has 4 heteroatoms. The van der Waals surface area contributed by atoms with E-state index in [0.29, 0.717) is 12.1 Å². The summed E-state index contributed by atoms with van der Waals surface area (Å²) in [6.07, 6.45) is 0. The number of anilines is 1. The lowest BCUT2D eigenvalue weighted by atomic mass is 10.1. The number of likely N-dealkylation sites (N-methyl/N-ethyl adjacent to an activating group) is 1. The van der Waals surface area contributed by atoms with Gasteiger partial charge in [0.1, 0.15) is 0 Å². The smallest absolute Gasteiger partial charge is 0.0663 e. The van der Waals surface area contributed by atoms with E-state index in [1.165, 1.54) is 11.3 Å². The molecule has 0 aromatic heterocycles. The third kappa shape index (κ3) is 5.13. The van der Waals surface area contributed by atoms with Gasteiger partial charge in [-0.3, -0.25) is 0 Å². The summed E-state index contributed by atoms with van der Waals surface area (Å²) >= 11 is 3.55.